The minimum atomic E-state index is -0.554. The Morgan fingerprint density at radius 1 is 1.29 bits per heavy atom. The first kappa shape index (κ1) is 15.2. The monoisotopic (exact) mass is 329 g/mol. The normalized spacial score (nSPS) is 18.8. The van der Waals surface area contributed by atoms with Gasteiger partial charge in [0.05, 0.1) is 11.2 Å². The van der Waals surface area contributed by atoms with Crippen LogP contribution in [0.25, 0.3) is 10.9 Å². The average Bonchev–Trinajstić information content (AvgIpc) is 2.86. The molecular weight excluding hydrogens is 309 g/mol. The van der Waals surface area contributed by atoms with Gasteiger partial charge in [0.25, 0.3) is 0 Å². The molecule has 0 bridgehead atoms. The molecule has 2 fully saturated rings. The smallest absolute Gasteiger partial charge is 0.328 e. The number of halogens is 1. The number of aryl methyl sites for hydroxylation is 1. The summed E-state index contributed by atoms with van der Waals surface area (Å²) < 4.78 is 17.4. The summed E-state index contributed by atoms with van der Waals surface area (Å²) >= 11 is 0. The van der Waals surface area contributed by atoms with Crippen molar-refractivity contribution in [2.24, 2.45) is 0 Å². The van der Waals surface area contributed by atoms with E-state index < -0.39 is 6.03 Å². The Morgan fingerprint density at radius 2 is 2.08 bits per heavy atom. The second kappa shape index (κ2) is 5.61. The van der Waals surface area contributed by atoms with Gasteiger partial charge in [-0.3, -0.25) is 15.0 Å². The third-order valence-electron chi connectivity index (χ3n) is 5.19. The van der Waals surface area contributed by atoms with Crippen molar-refractivity contribution in [2.45, 2.75) is 45.1 Å². The Bertz CT molecular complexity index is 838. The fourth-order valence-corrected chi connectivity index (χ4v) is 3.60. The molecule has 126 valence electrons. The number of carbonyl (C=O) groups excluding carboxylic acids is 2. The Morgan fingerprint density at radius 3 is 2.71 bits per heavy atom. The van der Waals surface area contributed by atoms with Crippen LogP contribution in [-0.2, 0) is 11.2 Å². The van der Waals surface area contributed by atoms with Crippen LogP contribution in [0.3, 0.4) is 0 Å². The first-order valence-corrected chi connectivity index (χ1v) is 8.53. The summed E-state index contributed by atoms with van der Waals surface area (Å²) in [5, 5.41) is 3.17. The van der Waals surface area contributed by atoms with Crippen LogP contribution in [0.5, 0.6) is 0 Å². The summed E-state index contributed by atoms with van der Waals surface area (Å²) in [5.74, 6) is -0.688. The summed E-state index contributed by atoms with van der Waals surface area (Å²) in [6, 6.07) is 3.33. The maximum absolute atomic E-state index is 15.3. The number of urea groups is 1. The molecule has 1 aromatic heterocycles. The Hall–Kier alpha value is -2.37. The number of nitrogens with zero attached hydrogens (tertiary/aromatic N) is 2. The van der Waals surface area contributed by atoms with Gasteiger partial charge in [-0.15, -0.1) is 0 Å². The number of anilines is 1. The first-order chi connectivity index (χ1) is 11.6. The molecule has 5 nitrogen and oxygen atoms in total. The third kappa shape index (κ3) is 2.20. The molecule has 1 aliphatic carbocycles. The molecule has 1 N–H and O–H groups in total. The predicted octanol–water partition coefficient (Wildman–Crippen LogP) is 3.51. The Labute approximate surface area is 139 Å². The molecule has 4 rings (SSSR count). The highest BCUT2D eigenvalue weighted by molar-refractivity contribution is 6.06. The van der Waals surface area contributed by atoms with E-state index in [0.717, 1.165) is 30.2 Å². The number of nitrogens with one attached hydrogen (secondary N) is 1. The van der Waals surface area contributed by atoms with Crippen molar-refractivity contribution in [3.05, 3.63) is 29.7 Å². The van der Waals surface area contributed by atoms with E-state index in [2.05, 4.69) is 18.4 Å². The lowest BCUT2D eigenvalue weighted by Crippen LogP contribution is -2.49. The largest absolute Gasteiger partial charge is 0.342 e. The third-order valence-corrected chi connectivity index (χ3v) is 5.19. The first-order valence-electron chi connectivity index (χ1n) is 8.53. The number of amides is 3. The van der Waals surface area contributed by atoms with E-state index >= 15 is 4.39 Å². The summed E-state index contributed by atoms with van der Waals surface area (Å²) in [5.41, 5.74) is 1.95. The van der Waals surface area contributed by atoms with E-state index in [0.29, 0.717) is 11.6 Å². The van der Waals surface area contributed by atoms with Crippen LogP contribution in [0, 0.1) is 5.82 Å². The quantitative estimate of drug-likeness (QED) is 0.937. The Balaban J connectivity index is 1.84. The van der Waals surface area contributed by atoms with Crippen LogP contribution in [0.2, 0.25) is 0 Å². The van der Waals surface area contributed by atoms with Gasteiger partial charge < -0.3 is 4.57 Å². The average molecular weight is 329 g/mol. The molecular formula is C18H20FN3O2. The van der Waals surface area contributed by atoms with Crippen LogP contribution in [-0.4, -0.2) is 23.1 Å². The summed E-state index contributed by atoms with van der Waals surface area (Å²) in [7, 11) is 0. The van der Waals surface area contributed by atoms with Crippen molar-refractivity contribution in [3.8, 4) is 0 Å². The number of aromatic nitrogens is 1. The van der Waals surface area contributed by atoms with Crippen LogP contribution in [0.15, 0.2) is 18.3 Å². The molecule has 0 unspecified atom stereocenters. The number of rotatable bonds is 3. The minimum absolute atomic E-state index is 0.188. The lowest BCUT2D eigenvalue weighted by Gasteiger charge is -2.30. The lowest BCUT2D eigenvalue weighted by atomic mass is 9.93. The summed E-state index contributed by atoms with van der Waals surface area (Å²) in [6.45, 7) is 2.27. The number of fused-ring (bicyclic) bond motifs is 1. The summed E-state index contributed by atoms with van der Waals surface area (Å²) in [6.07, 6.45) is 6.39. The zero-order valence-electron chi connectivity index (χ0n) is 13.6. The fraction of sp³-hybridized carbons (Fsp3) is 0.444. The molecule has 1 saturated heterocycles. The molecule has 1 saturated carbocycles. The molecule has 1 aromatic carbocycles. The lowest BCUT2D eigenvalue weighted by molar-refractivity contribution is -0.120. The van der Waals surface area contributed by atoms with Gasteiger partial charge in [-0.05, 0) is 37.3 Å². The molecule has 2 heterocycles. The topological polar surface area (TPSA) is 54.3 Å². The van der Waals surface area contributed by atoms with E-state index in [1.54, 1.807) is 6.07 Å². The summed E-state index contributed by atoms with van der Waals surface area (Å²) in [4.78, 5) is 24.7. The molecule has 1 aliphatic heterocycles. The van der Waals surface area contributed by atoms with Gasteiger partial charge in [0, 0.05) is 30.6 Å². The van der Waals surface area contributed by atoms with Gasteiger partial charge in [0.1, 0.15) is 0 Å². The number of imide groups is 1. The fourth-order valence-electron chi connectivity index (χ4n) is 3.60. The van der Waals surface area contributed by atoms with Gasteiger partial charge in [0.2, 0.25) is 5.91 Å². The van der Waals surface area contributed by atoms with Gasteiger partial charge >= 0.3 is 6.03 Å². The number of hydrogen-bond donors (Lipinski definition) is 1. The van der Waals surface area contributed by atoms with E-state index in [-0.39, 0.29) is 30.4 Å². The van der Waals surface area contributed by atoms with Crippen molar-refractivity contribution < 1.29 is 14.0 Å². The highest BCUT2D eigenvalue weighted by atomic mass is 19.1. The molecule has 24 heavy (non-hydrogen) atoms. The van der Waals surface area contributed by atoms with Crippen molar-refractivity contribution in [2.75, 3.05) is 11.4 Å². The zero-order valence-corrected chi connectivity index (χ0v) is 13.6. The van der Waals surface area contributed by atoms with Crippen molar-refractivity contribution in [1.82, 2.24) is 9.88 Å². The molecule has 2 aliphatic rings. The van der Waals surface area contributed by atoms with E-state index in [1.807, 2.05) is 10.6 Å². The van der Waals surface area contributed by atoms with Crippen LogP contribution in [0.1, 0.15) is 44.2 Å². The maximum atomic E-state index is 15.3. The molecule has 0 atom stereocenters. The van der Waals surface area contributed by atoms with Gasteiger partial charge in [-0.25, -0.2) is 9.18 Å². The maximum Gasteiger partial charge on any atom is 0.328 e. The molecule has 6 heteroatoms. The second-order valence-electron chi connectivity index (χ2n) is 6.55. The second-order valence-corrected chi connectivity index (χ2v) is 6.55. The van der Waals surface area contributed by atoms with Gasteiger partial charge in [-0.1, -0.05) is 13.0 Å². The van der Waals surface area contributed by atoms with Crippen LogP contribution in [0.4, 0.5) is 14.9 Å². The van der Waals surface area contributed by atoms with Crippen LogP contribution >= 0.6 is 0 Å². The van der Waals surface area contributed by atoms with E-state index in [1.165, 1.54) is 11.3 Å². The van der Waals surface area contributed by atoms with Crippen molar-refractivity contribution in [3.63, 3.8) is 0 Å². The molecule has 0 spiro atoms. The molecule has 0 radical (unpaired) electrons. The van der Waals surface area contributed by atoms with Crippen molar-refractivity contribution >= 4 is 28.5 Å². The SMILES string of the molecule is CCc1cn(C2CCC2)c2c(F)c(N3CCC(=O)NC3=O)ccc12. The minimum Gasteiger partial charge on any atom is -0.342 e. The van der Waals surface area contributed by atoms with E-state index in [9.17, 15) is 9.59 Å². The van der Waals surface area contributed by atoms with Gasteiger partial charge in [0.15, 0.2) is 5.82 Å². The standard InChI is InChI=1S/C18H20FN3O2/c1-2-11-10-22(12-4-3-5-12)17-13(11)6-7-14(16(17)19)21-9-8-15(23)20-18(21)24/h6-7,10,12H,2-5,8-9H2,1H3,(H,20,23,24). The highest BCUT2D eigenvalue weighted by Crippen LogP contribution is 2.39. The predicted molar refractivity (Wildman–Crippen MR) is 89.7 cm³/mol. The zero-order chi connectivity index (χ0) is 16.8. The number of benzene rings is 1. The van der Waals surface area contributed by atoms with E-state index in [4.69, 9.17) is 0 Å². The Kier molecular flexibility index (Phi) is 3.55. The van der Waals surface area contributed by atoms with Gasteiger partial charge in [-0.2, -0.15) is 0 Å². The number of hydrogen-bond acceptors (Lipinski definition) is 2. The van der Waals surface area contributed by atoms with Crippen molar-refractivity contribution in [1.29, 1.82) is 0 Å². The number of carbonyl (C=O) groups is 2. The molecule has 3 amide bonds. The highest BCUT2D eigenvalue weighted by Gasteiger charge is 2.29. The molecule has 2 aromatic rings. The van der Waals surface area contributed by atoms with Crippen LogP contribution < -0.4 is 10.2 Å².